The SMILES string of the molecule is O[C@@H]1c2ccccc2C[C@H]1Br.O[C@@H]1c2ccccc2C[C@H]1Br. The van der Waals surface area contributed by atoms with E-state index in [0.717, 1.165) is 24.0 Å². The van der Waals surface area contributed by atoms with Crippen molar-refractivity contribution in [1.29, 1.82) is 0 Å². The standard InChI is InChI=1S/2C9H9BrO/c2*10-8-5-6-3-1-2-4-7(6)9(8)11/h2*1-4,8-9,11H,5H2/t2*8-,9-/m11/s1. The van der Waals surface area contributed by atoms with Crippen molar-refractivity contribution in [3.63, 3.8) is 0 Å². The third-order valence-electron chi connectivity index (χ3n) is 4.26. The molecule has 0 spiro atoms. The van der Waals surface area contributed by atoms with Gasteiger partial charge in [0.05, 0.1) is 12.2 Å². The van der Waals surface area contributed by atoms with E-state index < -0.39 is 0 Å². The maximum Gasteiger partial charge on any atom is 0.0920 e. The van der Waals surface area contributed by atoms with Crippen LogP contribution in [-0.2, 0) is 12.8 Å². The molecule has 0 saturated heterocycles. The van der Waals surface area contributed by atoms with Crippen LogP contribution in [0.3, 0.4) is 0 Å². The Balaban J connectivity index is 0.000000131. The van der Waals surface area contributed by atoms with Crippen LogP contribution in [0.4, 0.5) is 0 Å². The van der Waals surface area contributed by atoms with Crippen LogP contribution >= 0.6 is 31.9 Å². The number of halogens is 2. The number of hydrogen-bond acceptors (Lipinski definition) is 2. The first-order valence-corrected chi connectivity index (χ1v) is 9.21. The Labute approximate surface area is 147 Å². The summed E-state index contributed by atoms with van der Waals surface area (Å²) in [6, 6.07) is 16.1. The number of fused-ring (bicyclic) bond motifs is 2. The topological polar surface area (TPSA) is 40.5 Å². The van der Waals surface area contributed by atoms with Gasteiger partial charge in [0.2, 0.25) is 0 Å². The van der Waals surface area contributed by atoms with Gasteiger partial charge in [0, 0.05) is 9.65 Å². The molecule has 0 radical (unpaired) electrons. The molecular formula is C18H18Br2O2. The van der Waals surface area contributed by atoms with Crippen molar-refractivity contribution in [3.8, 4) is 0 Å². The van der Waals surface area contributed by atoms with Gasteiger partial charge in [0.1, 0.15) is 0 Å². The predicted molar refractivity (Wildman–Crippen MR) is 95.6 cm³/mol. The van der Waals surface area contributed by atoms with E-state index >= 15 is 0 Å². The third kappa shape index (κ3) is 3.16. The van der Waals surface area contributed by atoms with Crippen molar-refractivity contribution in [2.75, 3.05) is 0 Å². The molecule has 0 saturated carbocycles. The van der Waals surface area contributed by atoms with Crippen molar-refractivity contribution in [2.24, 2.45) is 0 Å². The molecular weight excluding hydrogens is 408 g/mol. The summed E-state index contributed by atoms with van der Waals surface area (Å²) in [6.07, 6.45) is 1.26. The van der Waals surface area contributed by atoms with Crippen LogP contribution in [0.15, 0.2) is 48.5 Å². The van der Waals surface area contributed by atoms with Gasteiger partial charge < -0.3 is 10.2 Å². The summed E-state index contributed by atoms with van der Waals surface area (Å²) in [6.45, 7) is 0. The first-order chi connectivity index (χ1) is 10.6. The molecule has 2 aromatic carbocycles. The number of alkyl halides is 2. The van der Waals surface area contributed by atoms with Crippen molar-refractivity contribution in [2.45, 2.75) is 34.7 Å². The Bertz CT molecular complexity index is 602. The van der Waals surface area contributed by atoms with Gasteiger partial charge in [-0.3, -0.25) is 0 Å². The summed E-state index contributed by atoms with van der Waals surface area (Å²) < 4.78 is 0. The van der Waals surface area contributed by atoms with E-state index in [9.17, 15) is 10.2 Å². The minimum absolute atomic E-state index is 0.208. The van der Waals surface area contributed by atoms with Gasteiger partial charge in [-0.25, -0.2) is 0 Å². The van der Waals surface area contributed by atoms with Gasteiger partial charge in [-0.2, -0.15) is 0 Å². The molecule has 4 atom stereocenters. The molecule has 0 fully saturated rings. The van der Waals surface area contributed by atoms with E-state index in [-0.39, 0.29) is 21.9 Å². The molecule has 0 bridgehead atoms. The minimum Gasteiger partial charge on any atom is -0.387 e. The number of benzene rings is 2. The molecule has 2 nitrogen and oxygen atoms in total. The highest BCUT2D eigenvalue weighted by atomic mass is 79.9. The van der Waals surface area contributed by atoms with E-state index in [1.165, 1.54) is 11.1 Å². The minimum atomic E-state index is -0.314. The van der Waals surface area contributed by atoms with Crippen LogP contribution in [0.25, 0.3) is 0 Å². The second-order valence-electron chi connectivity index (χ2n) is 5.73. The lowest BCUT2D eigenvalue weighted by Crippen LogP contribution is -2.03. The average Bonchev–Trinajstić information content (AvgIpc) is 2.98. The summed E-state index contributed by atoms with van der Waals surface area (Å²) in [5, 5.41) is 19.2. The largest absolute Gasteiger partial charge is 0.387 e. The molecule has 2 aromatic rings. The van der Waals surface area contributed by atoms with Crippen molar-refractivity contribution in [1.82, 2.24) is 0 Å². The highest BCUT2D eigenvalue weighted by Crippen LogP contribution is 2.36. The second-order valence-corrected chi connectivity index (χ2v) is 8.08. The van der Waals surface area contributed by atoms with Crippen LogP contribution in [0.1, 0.15) is 34.5 Å². The van der Waals surface area contributed by atoms with Gasteiger partial charge in [-0.05, 0) is 35.1 Å². The Morgan fingerprint density at radius 1 is 0.682 bits per heavy atom. The Kier molecular flexibility index (Phi) is 5.03. The molecule has 0 aliphatic heterocycles. The Hall–Kier alpha value is -0.680. The summed E-state index contributed by atoms with van der Waals surface area (Å²) in [4.78, 5) is 0.416. The Morgan fingerprint density at radius 2 is 1.05 bits per heavy atom. The molecule has 116 valence electrons. The van der Waals surface area contributed by atoms with E-state index in [0.29, 0.717) is 0 Å². The molecule has 4 rings (SSSR count). The highest BCUT2D eigenvalue weighted by Gasteiger charge is 2.28. The lowest BCUT2D eigenvalue weighted by atomic mass is 10.1. The number of rotatable bonds is 0. The zero-order valence-electron chi connectivity index (χ0n) is 12.0. The molecule has 0 amide bonds. The summed E-state index contributed by atoms with van der Waals surface area (Å²) >= 11 is 6.87. The second kappa shape index (κ2) is 6.83. The van der Waals surface area contributed by atoms with Crippen LogP contribution in [0.5, 0.6) is 0 Å². The van der Waals surface area contributed by atoms with E-state index in [4.69, 9.17) is 0 Å². The summed E-state index contributed by atoms with van der Waals surface area (Å²) in [7, 11) is 0. The van der Waals surface area contributed by atoms with Gasteiger partial charge >= 0.3 is 0 Å². The van der Waals surface area contributed by atoms with E-state index in [1.54, 1.807) is 0 Å². The van der Waals surface area contributed by atoms with Crippen molar-refractivity contribution in [3.05, 3.63) is 70.8 Å². The van der Waals surface area contributed by atoms with Crippen LogP contribution in [0.2, 0.25) is 0 Å². The molecule has 2 N–H and O–H groups in total. The van der Waals surface area contributed by atoms with Gasteiger partial charge in [-0.15, -0.1) is 0 Å². The molecule has 22 heavy (non-hydrogen) atoms. The van der Waals surface area contributed by atoms with Crippen LogP contribution in [-0.4, -0.2) is 19.9 Å². The molecule has 0 unspecified atom stereocenters. The Morgan fingerprint density at radius 3 is 1.41 bits per heavy atom. The monoisotopic (exact) mass is 424 g/mol. The van der Waals surface area contributed by atoms with Gasteiger partial charge in [0.15, 0.2) is 0 Å². The van der Waals surface area contributed by atoms with E-state index in [1.807, 2.05) is 36.4 Å². The predicted octanol–water partition coefficient (Wildman–Crippen LogP) is 4.08. The maximum atomic E-state index is 9.60. The molecule has 2 aliphatic carbocycles. The van der Waals surface area contributed by atoms with Crippen molar-refractivity contribution >= 4 is 31.9 Å². The fourth-order valence-corrected chi connectivity index (χ4v) is 4.32. The van der Waals surface area contributed by atoms with Gasteiger partial charge in [0.25, 0.3) is 0 Å². The van der Waals surface area contributed by atoms with Gasteiger partial charge in [-0.1, -0.05) is 80.4 Å². The lowest BCUT2D eigenvalue weighted by molar-refractivity contribution is 0.187. The number of hydrogen-bond donors (Lipinski definition) is 2. The zero-order chi connectivity index (χ0) is 15.7. The average molecular weight is 426 g/mol. The number of aliphatic hydroxyl groups excluding tert-OH is 2. The smallest absolute Gasteiger partial charge is 0.0920 e. The maximum absolute atomic E-state index is 9.60. The quantitative estimate of drug-likeness (QED) is 0.624. The third-order valence-corrected chi connectivity index (χ3v) is 5.91. The van der Waals surface area contributed by atoms with Crippen LogP contribution < -0.4 is 0 Å². The first kappa shape index (κ1) is 16.2. The number of aliphatic hydroxyl groups is 2. The highest BCUT2D eigenvalue weighted by molar-refractivity contribution is 9.09. The normalized spacial score (nSPS) is 28.5. The summed E-state index contributed by atoms with van der Waals surface area (Å²) in [5.41, 5.74) is 4.69. The van der Waals surface area contributed by atoms with E-state index in [2.05, 4.69) is 44.0 Å². The first-order valence-electron chi connectivity index (χ1n) is 7.38. The molecule has 0 heterocycles. The summed E-state index contributed by atoms with van der Waals surface area (Å²) in [5.74, 6) is 0. The fourth-order valence-electron chi connectivity index (χ4n) is 3.05. The van der Waals surface area contributed by atoms with Crippen molar-refractivity contribution < 1.29 is 10.2 Å². The molecule has 4 heteroatoms. The molecule has 0 aromatic heterocycles. The molecule has 2 aliphatic rings. The lowest BCUT2D eigenvalue weighted by Gasteiger charge is -2.05. The van der Waals surface area contributed by atoms with Crippen LogP contribution in [0, 0.1) is 0 Å². The fraction of sp³-hybridized carbons (Fsp3) is 0.333. The zero-order valence-corrected chi connectivity index (χ0v) is 15.2.